The zero-order chi connectivity index (χ0) is 19.7. The number of ether oxygens (including phenoxy) is 1. The number of fused-ring (bicyclic) bond motifs is 1. The summed E-state index contributed by atoms with van der Waals surface area (Å²) in [4.78, 5) is 12.7. The predicted octanol–water partition coefficient (Wildman–Crippen LogP) is 3.67. The van der Waals surface area contributed by atoms with Crippen LogP contribution in [0.1, 0.15) is 21.9 Å². The molecule has 4 rings (SSSR count). The number of anilines is 1. The molecule has 0 aliphatic carbocycles. The van der Waals surface area contributed by atoms with Crippen LogP contribution in [0.15, 0.2) is 54.6 Å². The molecule has 0 saturated heterocycles. The molecule has 0 aliphatic rings. The fourth-order valence-corrected chi connectivity index (χ4v) is 3.13. The lowest BCUT2D eigenvalue weighted by atomic mass is 10.1. The number of methoxy groups -OCH3 is 1. The van der Waals surface area contributed by atoms with Crippen molar-refractivity contribution in [3.8, 4) is 16.9 Å². The monoisotopic (exact) mass is 373 g/mol. The van der Waals surface area contributed by atoms with Crippen molar-refractivity contribution in [2.24, 2.45) is 0 Å². The van der Waals surface area contributed by atoms with Crippen molar-refractivity contribution in [3.05, 3.63) is 71.7 Å². The summed E-state index contributed by atoms with van der Waals surface area (Å²) in [6.07, 6.45) is 0. The van der Waals surface area contributed by atoms with Gasteiger partial charge >= 0.3 is 0 Å². The Balaban J connectivity index is 1.71. The van der Waals surface area contributed by atoms with E-state index in [1.165, 1.54) is 0 Å². The van der Waals surface area contributed by atoms with Crippen LogP contribution >= 0.6 is 0 Å². The average Bonchev–Trinajstić information content (AvgIpc) is 3.06. The molecule has 0 aliphatic heterocycles. The molecule has 0 saturated carbocycles. The number of carbonyl (C=O) groups is 1. The Bertz CT molecular complexity index is 1150. The summed E-state index contributed by atoms with van der Waals surface area (Å²) in [6, 6.07) is 17.0. The van der Waals surface area contributed by atoms with Gasteiger partial charge in [-0.3, -0.25) is 4.79 Å². The summed E-state index contributed by atoms with van der Waals surface area (Å²) in [5, 5.41) is 15.9. The minimum atomic E-state index is -0.341. The fourth-order valence-electron chi connectivity index (χ4n) is 3.13. The Hall–Kier alpha value is -3.74. The Labute approximate surface area is 162 Å². The molecule has 0 spiro atoms. The zero-order valence-electron chi connectivity index (χ0n) is 15.8. The van der Waals surface area contributed by atoms with Crippen LogP contribution in [-0.4, -0.2) is 32.8 Å². The Morgan fingerprint density at radius 1 is 1.00 bits per heavy atom. The second-order valence-electron chi connectivity index (χ2n) is 6.38. The van der Waals surface area contributed by atoms with E-state index in [4.69, 9.17) is 4.74 Å². The van der Waals surface area contributed by atoms with E-state index >= 15 is 0 Å². The number of hydrogen-bond donors (Lipinski definition) is 1. The lowest BCUT2D eigenvalue weighted by molar-refractivity contribution is 0.102. The molecule has 2 heterocycles. The van der Waals surface area contributed by atoms with Gasteiger partial charge in [-0.25, -0.2) is 4.52 Å². The third kappa shape index (κ3) is 3.07. The number of nitrogens with zero attached hydrogens (tertiary/aromatic N) is 4. The van der Waals surface area contributed by atoms with Gasteiger partial charge < -0.3 is 10.1 Å². The fraction of sp³-hybridized carbons (Fsp3) is 0.143. The van der Waals surface area contributed by atoms with E-state index in [1.807, 2.05) is 44.2 Å². The third-order valence-electron chi connectivity index (χ3n) is 4.57. The van der Waals surface area contributed by atoms with Crippen molar-refractivity contribution in [1.29, 1.82) is 0 Å². The minimum absolute atomic E-state index is 0.227. The van der Waals surface area contributed by atoms with Gasteiger partial charge in [0.2, 0.25) is 0 Å². The van der Waals surface area contributed by atoms with Gasteiger partial charge in [-0.1, -0.05) is 30.3 Å². The van der Waals surface area contributed by atoms with E-state index in [9.17, 15) is 4.79 Å². The van der Waals surface area contributed by atoms with Crippen molar-refractivity contribution < 1.29 is 9.53 Å². The van der Waals surface area contributed by atoms with Crippen LogP contribution in [0.3, 0.4) is 0 Å². The van der Waals surface area contributed by atoms with Crippen LogP contribution in [0.5, 0.6) is 5.75 Å². The van der Waals surface area contributed by atoms with Crippen molar-refractivity contribution in [2.45, 2.75) is 13.8 Å². The molecule has 0 radical (unpaired) electrons. The molecule has 0 bridgehead atoms. The van der Waals surface area contributed by atoms with Crippen molar-refractivity contribution in [1.82, 2.24) is 19.8 Å². The van der Waals surface area contributed by atoms with Crippen LogP contribution < -0.4 is 10.1 Å². The van der Waals surface area contributed by atoms with Crippen molar-refractivity contribution in [3.63, 3.8) is 0 Å². The largest absolute Gasteiger partial charge is 0.497 e. The molecule has 7 heteroatoms. The van der Waals surface area contributed by atoms with Gasteiger partial charge in [0.25, 0.3) is 5.91 Å². The first-order valence-electron chi connectivity index (χ1n) is 8.82. The van der Waals surface area contributed by atoms with Crippen LogP contribution in [0, 0.1) is 13.8 Å². The normalized spacial score (nSPS) is 10.8. The number of amides is 1. The summed E-state index contributed by atoms with van der Waals surface area (Å²) in [5.41, 5.74) is 4.89. The number of aromatic nitrogens is 4. The Morgan fingerprint density at radius 2 is 1.71 bits per heavy atom. The first kappa shape index (κ1) is 17.7. The molecule has 0 atom stereocenters. The van der Waals surface area contributed by atoms with Gasteiger partial charge in [0.05, 0.1) is 24.1 Å². The average molecular weight is 373 g/mol. The highest BCUT2D eigenvalue weighted by atomic mass is 16.5. The molecule has 0 fully saturated rings. The molecular weight excluding hydrogens is 354 g/mol. The summed E-state index contributed by atoms with van der Waals surface area (Å²) < 4.78 is 6.80. The van der Waals surface area contributed by atoms with Crippen LogP contribution in [0.25, 0.3) is 16.8 Å². The van der Waals surface area contributed by atoms with Crippen LogP contribution in [0.2, 0.25) is 0 Å². The maximum atomic E-state index is 12.7. The molecule has 7 nitrogen and oxygen atoms in total. The highest BCUT2D eigenvalue weighted by Crippen LogP contribution is 2.27. The van der Waals surface area contributed by atoms with Gasteiger partial charge in [0.1, 0.15) is 5.75 Å². The van der Waals surface area contributed by atoms with Crippen LogP contribution in [0.4, 0.5) is 5.69 Å². The van der Waals surface area contributed by atoms with E-state index in [0.717, 1.165) is 22.6 Å². The number of benzene rings is 2. The number of hydrogen-bond acceptors (Lipinski definition) is 5. The number of carbonyl (C=O) groups excluding carboxylic acids is 1. The highest BCUT2D eigenvalue weighted by molar-refractivity contribution is 6.03. The van der Waals surface area contributed by atoms with Gasteiger partial charge in [0.15, 0.2) is 11.3 Å². The van der Waals surface area contributed by atoms with E-state index < -0.39 is 0 Å². The van der Waals surface area contributed by atoms with E-state index in [1.54, 1.807) is 35.9 Å². The second kappa shape index (κ2) is 7.11. The van der Waals surface area contributed by atoms with Gasteiger partial charge in [-0.15, -0.1) is 10.2 Å². The smallest absolute Gasteiger partial charge is 0.278 e. The topological polar surface area (TPSA) is 81.4 Å². The van der Waals surface area contributed by atoms with Gasteiger partial charge in [-0.05, 0) is 43.7 Å². The zero-order valence-corrected chi connectivity index (χ0v) is 15.8. The van der Waals surface area contributed by atoms with E-state index in [0.29, 0.717) is 17.0 Å². The lowest BCUT2D eigenvalue weighted by Crippen LogP contribution is -2.18. The predicted molar refractivity (Wildman–Crippen MR) is 107 cm³/mol. The van der Waals surface area contributed by atoms with Crippen molar-refractivity contribution >= 4 is 17.2 Å². The molecular formula is C21H19N5O2. The summed E-state index contributed by atoms with van der Waals surface area (Å²) in [6.45, 7) is 3.74. The Kier molecular flexibility index (Phi) is 4.49. The quantitative estimate of drug-likeness (QED) is 0.590. The molecule has 28 heavy (non-hydrogen) atoms. The first-order valence-corrected chi connectivity index (χ1v) is 8.82. The van der Waals surface area contributed by atoms with Crippen LogP contribution in [-0.2, 0) is 0 Å². The number of rotatable bonds is 4. The summed E-state index contributed by atoms with van der Waals surface area (Å²) in [5.74, 6) is 0.377. The van der Waals surface area contributed by atoms with Crippen molar-refractivity contribution in [2.75, 3.05) is 12.4 Å². The highest BCUT2D eigenvalue weighted by Gasteiger charge is 2.20. The molecule has 4 aromatic rings. The molecule has 0 unspecified atom stereocenters. The molecule has 1 N–H and O–H groups in total. The first-order chi connectivity index (χ1) is 13.6. The lowest BCUT2D eigenvalue weighted by Gasteiger charge is -2.08. The van der Waals surface area contributed by atoms with E-state index in [2.05, 4.69) is 20.6 Å². The molecule has 2 aromatic carbocycles. The van der Waals surface area contributed by atoms with Gasteiger partial charge in [0, 0.05) is 5.69 Å². The molecule has 2 aromatic heterocycles. The van der Waals surface area contributed by atoms with Gasteiger partial charge in [-0.2, -0.15) is 5.10 Å². The summed E-state index contributed by atoms with van der Waals surface area (Å²) in [7, 11) is 1.59. The molecule has 140 valence electrons. The number of aryl methyl sites for hydroxylation is 2. The maximum Gasteiger partial charge on any atom is 0.278 e. The standard InChI is InChI=1S/C21H19N5O2/c1-13-18(15-7-5-4-6-8-15)20-24-23-19(14(2)26(20)25-13)21(27)22-16-9-11-17(28-3)12-10-16/h4-12H,1-3H3,(H,22,27). The Morgan fingerprint density at radius 3 is 2.39 bits per heavy atom. The SMILES string of the molecule is COc1ccc(NC(=O)c2nnc3c(-c4ccccc4)c(C)nn3c2C)cc1. The number of nitrogens with one attached hydrogen (secondary N) is 1. The second-order valence-corrected chi connectivity index (χ2v) is 6.38. The minimum Gasteiger partial charge on any atom is -0.497 e. The van der Waals surface area contributed by atoms with E-state index in [-0.39, 0.29) is 11.6 Å². The molecule has 1 amide bonds. The maximum absolute atomic E-state index is 12.7. The summed E-state index contributed by atoms with van der Waals surface area (Å²) >= 11 is 0. The third-order valence-corrected chi connectivity index (χ3v) is 4.57.